The quantitative estimate of drug-likeness (QED) is 0.878. The van der Waals surface area contributed by atoms with Crippen LogP contribution in [0.15, 0.2) is 42.0 Å². The summed E-state index contributed by atoms with van der Waals surface area (Å²) < 4.78 is 0. The first-order valence-corrected chi connectivity index (χ1v) is 7.06. The molecule has 0 aliphatic heterocycles. The van der Waals surface area contributed by atoms with Crippen LogP contribution in [0.1, 0.15) is 22.2 Å². The molecule has 0 aliphatic rings. The van der Waals surface area contributed by atoms with Crippen LogP contribution in [0.5, 0.6) is 0 Å². The summed E-state index contributed by atoms with van der Waals surface area (Å²) in [5.74, 6) is -0.446. The van der Waals surface area contributed by atoms with Crippen molar-refractivity contribution in [3.8, 4) is 0 Å². The predicted molar refractivity (Wildman–Crippen MR) is 77.3 cm³/mol. The lowest BCUT2D eigenvalue weighted by molar-refractivity contribution is -0.122. The van der Waals surface area contributed by atoms with Crippen LogP contribution in [0.4, 0.5) is 0 Å². The Bertz CT molecular complexity index is 569. The first-order valence-electron chi connectivity index (χ1n) is 6.18. The van der Waals surface area contributed by atoms with Gasteiger partial charge in [0.2, 0.25) is 5.91 Å². The van der Waals surface area contributed by atoms with Crippen LogP contribution in [-0.4, -0.2) is 22.8 Å². The number of amides is 2. The van der Waals surface area contributed by atoms with Gasteiger partial charge in [-0.1, -0.05) is 6.07 Å². The van der Waals surface area contributed by atoms with E-state index in [1.807, 2.05) is 17.5 Å². The highest BCUT2D eigenvalue weighted by atomic mass is 32.1. The first-order chi connectivity index (χ1) is 9.66. The van der Waals surface area contributed by atoms with Crippen molar-refractivity contribution in [3.63, 3.8) is 0 Å². The second kappa shape index (κ2) is 6.81. The van der Waals surface area contributed by atoms with Crippen molar-refractivity contribution in [1.29, 1.82) is 0 Å². The molecule has 0 saturated carbocycles. The molecule has 2 N–H and O–H groups in total. The van der Waals surface area contributed by atoms with E-state index in [-0.39, 0.29) is 11.8 Å². The number of hydrogen-bond acceptors (Lipinski definition) is 4. The Labute approximate surface area is 121 Å². The molecule has 0 radical (unpaired) electrons. The van der Waals surface area contributed by atoms with E-state index in [0.717, 1.165) is 5.56 Å². The molecule has 2 rings (SSSR count). The third-order valence-electron chi connectivity index (χ3n) is 2.70. The molecule has 1 atom stereocenters. The average molecular weight is 289 g/mol. The smallest absolute Gasteiger partial charge is 0.261 e. The van der Waals surface area contributed by atoms with E-state index < -0.39 is 6.04 Å². The van der Waals surface area contributed by atoms with Gasteiger partial charge >= 0.3 is 0 Å². The summed E-state index contributed by atoms with van der Waals surface area (Å²) in [5, 5.41) is 7.26. The van der Waals surface area contributed by atoms with E-state index in [0.29, 0.717) is 11.4 Å². The van der Waals surface area contributed by atoms with Crippen LogP contribution >= 0.6 is 11.3 Å². The van der Waals surface area contributed by atoms with Crippen molar-refractivity contribution in [3.05, 3.63) is 52.5 Å². The van der Waals surface area contributed by atoms with Crippen molar-refractivity contribution >= 4 is 23.2 Å². The van der Waals surface area contributed by atoms with E-state index >= 15 is 0 Å². The molecule has 2 heterocycles. The highest BCUT2D eigenvalue weighted by Gasteiger charge is 2.16. The average Bonchev–Trinajstić information content (AvgIpc) is 3.00. The summed E-state index contributed by atoms with van der Waals surface area (Å²) in [6.45, 7) is 2.08. The van der Waals surface area contributed by atoms with Gasteiger partial charge in [0.15, 0.2) is 0 Å². The highest BCUT2D eigenvalue weighted by Crippen LogP contribution is 2.08. The van der Waals surface area contributed by atoms with E-state index in [1.54, 1.807) is 31.5 Å². The molecule has 0 aliphatic carbocycles. The zero-order valence-corrected chi connectivity index (χ0v) is 11.8. The third kappa shape index (κ3) is 3.89. The van der Waals surface area contributed by atoms with Crippen LogP contribution in [0.25, 0.3) is 0 Å². The molecule has 0 spiro atoms. The molecular formula is C14H15N3O2S. The van der Waals surface area contributed by atoms with Gasteiger partial charge in [-0.3, -0.25) is 14.6 Å². The monoisotopic (exact) mass is 289 g/mol. The van der Waals surface area contributed by atoms with Crippen molar-refractivity contribution in [2.24, 2.45) is 0 Å². The van der Waals surface area contributed by atoms with Gasteiger partial charge in [-0.25, -0.2) is 0 Å². The number of carbonyl (C=O) groups is 2. The third-order valence-corrected chi connectivity index (χ3v) is 3.57. The van der Waals surface area contributed by atoms with Gasteiger partial charge in [0.05, 0.1) is 4.88 Å². The van der Waals surface area contributed by atoms with Gasteiger partial charge in [-0.2, -0.15) is 0 Å². The summed E-state index contributed by atoms with van der Waals surface area (Å²) in [6, 6.07) is 6.60. The second-order valence-electron chi connectivity index (χ2n) is 4.25. The Balaban J connectivity index is 1.82. The van der Waals surface area contributed by atoms with Crippen molar-refractivity contribution in [1.82, 2.24) is 15.6 Å². The number of nitrogens with one attached hydrogen (secondary N) is 2. The Morgan fingerprint density at radius 2 is 2.05 bits per heavy atom. The molecule has 20 heavy (non-hydrogen) atoms. The number of rotatable bonds is 5. The Hall–Kier alpha value is -2.21. The van der Waals surface area contributed by atoms with E-state index in [4.69, 9.17) is 0 Å². The van der Waals surface area contributed by atoms with E-state index in [9.17, 15) is 9.59 Å². The fourth-order valence-corrected chi connectivity index (χ4v) is 2.21. The summed E-state index contributed by atoms with van der Waals surface area (Å²) in [5.41, 5.74) is 0.963. The lowest BCUT2D eigenvalue weighted by atomic mass is 10.2. The molecule has 0 fully saturated rings. The Kier molecular flexibility index (Phi) is 4.84. The lowest BCUT2D eigenvalue weighted by Gasteiger charge is -2.13. The molecule has 2 aromatic heterocycles. The van der Waals surface area contributed by atoms with Gasteiger partial charge in [0.1, 0.15) is 6.04 Å². The van der Waals surface area contributed by atoms with Gasteiger partial charge < -0.3 is 10.6 Å². The summed E-state index contributed by atoms with van der Waals surface area (Å²) in [4.78, 5) is 28.2. The molecular weight excluding hydrogens is 274 g/mol. The maximum Gasteiger partial charge on any atom is 0.261 e. The van der Waals surface area contributed by atoms with Crippen molar-refractivity contribution in [2.75, 3.05) is 0 Å². The van der Waals surface area contributed by atoms with Crippen LogP contribution in [-0.2, 0) is 11.3 Å². The summed E-state index contributed by atoms with van der Waals surface area (Å²) in [6.07, 6.45) is 3.34. The first kappa shape index (κ1) is 14.2. The van der Waals surface area contributed by atoms with Crippen LogP contribution in [0.3, 0.4) is 0 Å². The minimum absolute atomic E-state index is 0.216. The van der Waals surface area contributed by atoms with Gasteiger partial charge in [-0.15, -0.1) is 11.3 Å². The standard InChI is InChI=1S/C14H15N3O2S/c1-10(17-14(19)12-3-2-8-20-12)13(18)16-9-11-4-6-15-7-5-11/h2-8,10H,9H2,1H3,(H,16,18)(H,17,19). The number of carbonyl (C=O) groups excluding carboxylic acids is 2. The minimum Gasteiger partial charge on any atom is -0.350 e. The number of hydrogen-bond donors (Lipinski definition) is 2. The summed E-state index contributed by atoms with van der Waals surface area (Å²) in [7, 11) is 0. The van der Waals surface area contributed by atoms with E-state index in [2.05, 4.69) is 15.6 Å². The maximum absolute atomic E-state index is 11.9. The van der Waals surface area contributed by atoms with E-state index in [1.165, 1.54) is 11.3 Å². The summed E-state index contributed by atoms with van der Waals surface area (Å²) >= 11 is 1.34. The minimum atomic E-state index is -0.577. The molecule has 0 bridgehead atoms. The largest absolute Gasteiger partial charge is 0.350 e. The zero-order valence-electron chi connectivity index (χ0n) is 11.0. The molecule has 0 aromatic carbocycles. The Morgan fingerprint density at radius 1 is 1.30 bits per heavy atom. The van der Waals surface area contributed by atoms with Gasteiger partial charge in [0.25, 0.3) is 5.91 Å². The maximum atomic E-state index is 11.9. The van der Waals surface area contributed by atoms with Crippen LogP contribution < -0.4 is 10.6 Å². The highest BCUT2D eigenvalue weighted by molar-refractivity contribution is 7.12. The van der Waals surface area contributed by atoms with Gasteiger partial charge in [-0.05, 0) is 36.1 Å². The Morgan fingerprint density at radius 3 is 2.70 bits per heavy atom. The fourth-order valence-electron chi connectivity index (χ4n) is 1.58. The molecule has 1 unspecified atom stereocenters. The topological polar surface area (TPSA) is 71.1 Å². The molecule has 104 valence electrons. The molecule has 5 nitrogen and oxygen atoms in total. The molecule has 0 saturated heterocycles. The van der Waals surface area contributed by atoms with Crippen LogP contribution in [0, 0.1) is 0 Å². The second-order valence-corrected chi connectivity index (χ2v) is 5.19. The van der Waals surface area contributed by atoms with Crippen molar-refractivity contribution < 1.29 is 9.59 Å². The predicted octanol–water partition coefficient (Wildman–Crippen LogP) is 1.58. The molecule has 6 heteroatoms. The van der Waals surface area contributed by atoms with Crippen molar-refractivity contribution in [2.45, 2.75) is 19.5 Å². The zero-order chi connectivity index (χ0) is 14.4. The molecule has 2 amide bonds. The lowest BCUT2D eigenvalue weighted by Crippen LogP contribution is -2.44. The SMILES string of the molecule is CC(NC(=O)c1cccs1)C(=O)NCc1ccncc1. The number of aromatic nitrogens is 1. The van der Waals surface area contributed by atoms with Crippen LogP contribution in [0.2, 0.25) is 0 Å². The van der Waals surface area contributed by atoms with Gasteiger partial charge in [0, 0.05) is 18.9 Å². The normalized spacial score (nSPS) is 11.7. The fraction of sp³-hybridized carbons (Fsp3) is 0.214. The number of pyridine rings is 1. The number of nitrogens with zero attached hydrogens (tertiary/aromatic N) is 1. The number of thiophene rings is 1. The molecule has 2 aromatic rings.